The van der Waals surface area contributed by atoms with E-state index in [2.05, 4.69) is 17.4 Å². The fraction of sp³-hybridized carbons (Fsp3) is 0.400. The van der Waals surface area contributed by atoms with Gasteiger partial charge in [-0.15, -0.1) is 0 Å². The Bertz CT molecular complexity index is 905. The third-order valence-electron chi connectivity index (χ3n) is 5.65. The fourth-order valence-corrected chi connectivity index (χ4v) is 3.81. The van der Waals surface area contributed by atoms with Crippen molar-refractivity contribution in [2.24, 2.45) is 5.92 Å². The molecular weight excluding hydrogens is 392 g/mol. The highest BCUT2D eigenvalue weighted by molar-refractivity contribution is 5.97. The third-order valence-corrected chi connectivity index (χ3v) is 5.65. The minimum absolute atomic E-state index is 0.191. The average Bonchev–Trinajstić information content (AvgIpc) is 2.78. The summed E-state index contributed by atoms with van der Waals surface area (Å²) in [6.07, 6.45) is 2.91. The first-order chi connectivity index (χ1) is 14.9. The number of ether oxygens (including phenoxy) is 1. The van der Waals surface area contributed by atoms with Gasteiger partial charge in [-0.05, 0) is 56.7 Å². The number of nitrogens with zero attached hydrogens (tertiary/aromatic N) is 1. The van der Waals surface area contributed by atoms with Crippen LogP contribution in [0.4, 0.5) is 0 Å². The molecule has 1 aliphatic rings. The zero-order chi connectivity index (χ0) is 22.2. The quantitative estimate of drug-likeness (QED) is 0.696. The molecule has 3 rings (SSSR count). The van der Waals surface area contributed by atoms with Crippen LogP contribution in [0.5, 0.6) is 0 Å². The van der Waals surface area contributed by atoms with Gasteiger partial charge in [0.05, 0.1) is 0 Å². The summed E-state index contributed by atoms with van der Waals surface area (Å²) in [6.45, 7) is 4.49. The van der Waals surface area contributed by atoms with E-state index in [1.54, 1.807) is 30.0 Å². The Hall–Kier alpha value is -3.15. The SMILES string of the molecule is Cc1cccc(C(=O)N[C@@H](C)C(=O)OCC(=O)N2CCC(Cc3ccccc3)CC2)c1. The van der Waals surface area contributed by atoms with Crippen LogP contribution in [0.3, 0.4) is 0 Å². The van der Waals surface area contributed by atoms with Crippen molar-refractivity contribution >= 4 is 17.8 Å². The van der Waals surface area contributed by atoms with E-state index in [0.717, 1.165) is 24.8 Å². The highest BCUT2D eigenvalue weighted by Crippen LogP contribution is 2.21. The number of nitrogens with one attached hydrogen (secondary N) is 1. The number of rotatable bonds is 7. The summed E-state index contributed by atoms with van der Waals surface area (Å²) < 4.78 is 5.16. The van der Waals surface area contributed by atoms with E-state index >= 15 is 0 Å². The molecule has 1 saturated heterocycles. The van der Waals surface area contributed by atoms with Gasteiger partial charge in [-0.2, -0.15) is 0 Å². The lowest BCUT2D eigenvalue weighted by Crippen LogP contribution is -2.43. The molecule has 0 bridgehead atoms. The van der Waals surface area contributed by atoms with Crippen molar-refractivity contribution in [1.82, 2.24) is 10.2 Å². The predicted molar refractivity (Wildman–Crippen MR) is 119 cm³/mol. The van der Waals surface area contributed by atoms with Crippen molar-refractivity contribution in [3.05, 3.63) is 71.3 Å². The van der Waals surface area contributed by atoms with Crippen molar-refractivity contribution in [2.75, 3.05) is 19.7 Å². The molecule has 0 aliphatic carbocycles. The number of esters is 1. The van der Waals surface area contributed by atoms with Crippen molar-refractivity contribution in [2.45, 2.75) is 39.2 Å². The number of carbonyl (C=O) groups is 3. The van der Waals surface area contributed by atoms with Gasteiger partial charge in [0.2, 0.25) is 0 Å². The van der Waals surface area contributed by atoms with Gasteiger partial charge in [0.15, 0.2) is 6.61 Å². The number of carbonyl (C=O) groups excluding carboxylic acids is 3. The molecule has 1 aliphatic heterocycles. The van der Waals surface area contributed by atoms with Crippen LogP contribution in [0.2, 0.25) is 0 Å². The normalized spacial score (nSPS) is 15.2. The van der Waals surface area contributed by atoms with Crippen LogP contribution >= 0.6 is 0 Å². The maximum absolute atomic E-state index is 12.4. The second-order valence-electron chi connectivity index (χ2n) is 8.19. The summed E-state index contributed by atoms with van der Waals surface area (Å²) in [5.41, 5.74) is 2.76. The van der Waals surface area contributed by atoms with E-state index in [1.165, 1.54) is 5.56 Å². The first kappa shape index (κ1) is 22.5. The molecule has 0 unspecified atom stereocenters. The van der Waals surface area contributed by atoms with Gasteiger partial charge in [-0.1, -0.05) is 48.0 Å². The Labute approximate surface area is 183 Å². The van der Waals surface area contributed by atoms with Crippen LogP contribution < -0.4 is 5.32 Å². The molecule has 31 heavy (non-hydrogen) atoms. The first-order valence-corrected chi connectivity index (χ1v) is 10.8. The predicted octanol–water partition coefficient (Wildman–Crippen LogP) is 3.14. The molecule has 6 nitrogen and oxygen atoms in total. The summed E-state index contributed by atoms with van der Waals surface area (Å²) in [5.74, 6) is -0.595. The number of benzene rings is 2. The highest BCUT2D eigenvalue weighted by atomic mass is 16.5. The summed E-state index contributed by atoms with van der Waals surface area (Å²) in [6, 6.07) is 16.7. The molecule has 2 amide bonds. The Morgan fingerprint density at radius 1 is 1.06 bits per heavy atom. The topological polar surface area (TPSA) is 75.7 Å². The lowest BCUT2D eigenvalue weighted by molar-refractivity contribution is -0.153. The lowest BCUT2D eigenvalue weighted by atomic mass is 9.90. The summed E-state index contributed by atoms with van der Waals surface area (Å²) in [5, 5.41) is 2.62. The van der Waals surface area contributed by atoms with E-state index in [-0.39, 0.29) is 18.4 Å². The van der Waals surface area contributed by atoms with Gasteiger partial charge < -0.3 is 15.0 Å². The zero-order valence-corrected chi connectivity index (χ0v) is 18.2. The van der Waals surface area contributed by atoms with Gasteiger partial charge in [-0.3, -0.25) is 9.59 Å². The zero-order valence-electron chi connectivity index (χ0n) is 18.2. The second kappa shape index (κ2) is 10.8. The molecule has 2 aromatic carbocycles. The van der Waals surface area contributed by atoms with Crippen LogP contribution in [0.15, 0.2) is 54.6 Å². The van der Waals surface area contributed by atoms with E-state index in [1.807, 2.05) is 31.2 Å². The Balaban J connectivity index is 1.39. The number of amides is 2. The number of aryl methyl sites for hydroxylation is 1. The summed E-state index contributed by atoms with van der Waals surface area (Å²) in [4.78, 5) is 38.7. The molecular formula is C25H30N2O4. The van der Waals surface area contributed by atoms with Gasteiger partial charge in [-0.25, -0.2) is 4.79 Å². The Morgan fingerprint density at radius 2 is 1.77 bits per heavy atom. The number of hydrogen-bond donors (Lipinski definition) is 1. The molecule has 0 aromatic heterocycles. The van der Waals surface area contributed by atoms with Gasteiger partial charge in [0, 0.05) is 18.7 Å². The number of likely N-dealkylation sites (tertiary alicyclic amines) is 1. The molecule has 1 N–H and O–H groups in total. The molecule has 1 heterocycles. The maximum Gasteiger partial charge on any atom is 0.328 e. The standard InChI is InChI=1S/C25H30N2O4/c1-18-7-6-10-22(15-18)24(29)26-19(2)25(30)31-17-23(28)27-13-11-21(12-14-27)16-20-8-4-3-5-9-20/h3-10,15,19,21H,11-14,16-17H2,1-2H3,(H,26,29)/t19-/m0/s1. The van der Waals surface area contributed by atoms with E-state index in [4.69, 9.17) is 4.74 Å². The van der Waals surface area contributed by atoms with Gasteiger partial charge in [0.25, 0.3) is 11.8 Å². The molecule has 1 atom stereocenters. The summed E-state index contributed by atoms with van der Waals surface area (Å²) >= 11 is 0. The van der Waals surface area contributed by atoms with Crippen LogP contribution in [0.25, 0.3) is 0 Å². The average molecular weight is 423 g/mol. The number of hydrogen-bond acceptors (Lipinski definition) is 4. The molecule has 6 heteroatoms. The largest absolute Gasteiger partial charge is 0.454 e. The van der Waals surface area contributed by atoms with E-state index in [0.29, 0.717) is 24.6 Å². The Morgan fingerprint density at radius 3 is 2.45 bits per heavy atom. The molecule has 2 aromatic rings. The van der Waals surface area contributed by atoms with Crippen LogP contribution in [0, 0.1) is 12.8 Å². The van der Waals surface area contributed by atoms with E-state index in [9.17, 15) is 14.4 Å². The van der Waals surface area contributed by atoms with E-state index < -0.39 is 12.0 Å². The van der Waals surface area contributed by atoms with Crippen molar-refractivity contribution < 1.29 is 19.1 Å². The first-order valence-electron chi connectivity index (χ1n) is 10.8. The third kappa shape index (κ3) is 6.67. The van der Waals surface area contributed by atoms with Crippen molar-refractivity contribution in [1.29, 1.82) is 0 Å². The molecule has 164 valence electrons. The molecule has 0 spiro atoms. The highest BCUT2D eigenvalue weighted by Gasteiger charge is 2.25. The number of piperidine rings is 1. The second-order valence-corrected chi connectivity index (χ2v) is 8.19. The monoisotopic (exact) mass is 422 g/mol. The summed E-state index contributed by atoms with van der Waals surface area (Å²) in [7, 11) is 0. The minimum Gasteiger partial charge on any atom is -0.454 e. The van der Waals surface area contributed by atoms with Crippen molar-refractivity contribution in [3.8, 4) is 0 Å². The minimum atomic E-state index is -0.836. The molecule has 1 fully saturated rings. The van der Waals surface area contributed by atoms with Crippen LogP contribution in [-0.4, -0.2) is 48.4 Å². The van der Waals surface area contributed by atoms with Gasteiger partial charge in [0.1, 0.15) is 6.04 Å². The smallest absolute Gasteiger partial charge is 0.328 e. The Kier molecular flexibility index (Phi) is 7.82. The van der Waals surface area contributed by atoms with Gasteiger partial charge >= 0.3 is 5.97 Å². The van der Waals surface area contributed by atoms with Crippen LogP contribution in [0.1, 0.15) is 41.3 Å². The lowest BCUT2D eigenvalue weighted by Gasteiger charge is -2.32. The van der Waals surface area contributed by atoms with Crippen LogP contribution in [-0.2, 0) is 20.7 Å². The fourth-order valence-electron chi connectivity index (χ4n) is 3.81. The maximum atomic E-state index is 12.4. The molecule has 0 radical (unpaired) electrons. The molecule has 0 saturated carbocycles. The van der Waals surface area contributed by atoms with Crippen molar-refractivity contribution in [3.63, 3.8) is 0 Å².